The maximum absolute atomic E-state index is 12.8. The second-order valence-corrected chi connectivity index (χ2v) is 6.83. The number of aromatic nitrogens is 5. The van der Waals surface area contributed by atoms with Gasteiger partial charge in [0.25, 0.3) is 5.91 Å². The molecule has 0 atom stereocenters. The average molecular weight is 358 g/mol. The Bertz CT molecular complexity index is 1140. The third-order valence-electron chi connectivity index (χ3n) is 4.64. The SMILES string of the molecule is Cc1cc(NC(=O)c2ccc3nc(C4CC4)cn3n2)n(-c2ccccc2)n1. The molecule has 1 aromatic carbocycles. The van der Waals surface area contributed by atoms with Gasteiger partial charge in [-0.15, -0.1) is 0 Å². The molecule has 134 valence electrons. The van der Waals surface area contributed by atoms with E-state index in [0.29, 0.717) is 17.4 Å². The number of imidazole rings is 1. The van der Waals surface area contributed by atoms with Gasteiger partial charge in [-0.05, 0) is 44.0 Å². The van der Waals surface area contributed by atoms with E-state index in [9.17, 15) is 4.79 Å². The maximum Gasteiger partial charge on any atom is 0.277 e. The highest BCUT2D eigenvalue weighted by Gasteiger charge is 2.26. The minimum atomic E-state index is -0.282. The van der Waals surface area contributed by atoms with Crippen molar-refractivity contribution in [3.63, 3.8) is 0 Å². The largest absolute Gasteiger partial charge is 0.305 e. The number of hydrogen-bond donors (Lipinski definition) is 1. The molecular weight excluding hydrogens is 340 g/mol. The maximum atomic E-state index is 12.8. The summed E-state index contributed by atoms with van der Waals surface area (Å²) < 4.78 is 3.40. The number of carbonyl (C=O) groups is 1. The van der Waals surface area contributed by atoms with Gasteiger partial charge < -0.3 is 5.32 Å². The predicted octanol–water partition coefficient (Wildman–Crippen LogP) is 3.35. The lowest BCUT2D eigenvalue weighted by atomic mass is 10.3. The molecule has 1 amide bonds. The molecule has 1 saturated carbocycles. The van der Waals surface area contributed by atoms with Crippen molar-refractivity contribution in [2.75, 3.05) is 5.32 Å². The molecule has 1 fully saturated rings. The molecule has 0 aliphatic heterocycles. The Kier molecular flexibility index (Phi) is 3.53. The van der Waals surface area contributed by atoms with Crippen LogP contribution in [0, 0.1) is 6.92 Å². The van der Waals surface area contributed by atoms with Crippen LogP contribution in [0.25, 0.3) is 11.3 Å². The Balaban J connectivity index is 1.44. The van der Waals surface area contributed by atoms with Gasteiger partial charge in [0, 0.05) is 12.0 Å². The molecule has 3 aromatic heterocycles. The zero-order valence-corrected chi connectivity index (χ0v) is 14.8. The summed E-state index contributed by atoms with van der Waals surface area (Å²) in [6.45, 7) is 1.89. The van der Waals surface area contributed by atoms with Gasteiger partial charge in [0.15, 0.2) is 5.65 Å². The topological polar surface area (TPSA) is 77.1 Å². The molecule has 1 N–H and O–H groups in total. The van der Waals surface area contributed by atoms with Crippen LogP contribution in [0.3, 0.4) is 0 Å². The third kappa shape index (κ3) is 2.97. The van der Waals surface area contributed by atoms with Crippen LogP contribution >= 0.6 is 0 Å². The fourth-order valence-electron chi connectivity index (χ4n) is 3.13. The second kappa shape index (κ2) is 6.05. The molecule has 3 heterocycles. The van der Waals surface area contributed by atoms with Gasteiger partial charge in [-0.2, -0.15) is 10.2 Å². The summed E-state index contributed by atoms with van der Waals surface area (Å²) >= 11 is 0. The van der Waals surface area contributed by atoms with Crippen molar-refractivity contribution in [1.29, 1.82) is 0 Å². The van der Waals surface area contributed by atoms with E-state index in [1.165, 1.54) is 12.8 Å². The first-order valence-corrected chi connectivity index (χ1v) is 8.97. The molecule has 4 aromatic rings. The molecule has 7 nitrogen and oxygen atoms in total. The van der Waals surface area contributed by atoms with Crippen molar-refractivity contribution in [1.82, 2.24) is 24.4 Å². The number of fused-ring (bicyclic) bond motifs is 1. The van der Waals surface area contributed by atoms with E-state index in [0.717, 1.165) is 22.7 Å². The standard InChI is InChI=1S/C20H18N6O/c1-13-11-19(26(23-13)15-5-3-2-4-6-15)22-20(27)16-9-10-18-21-17(14-7-8-14)12-25(18)24-16/h2-6,9-12,14H,7-8H2,1H3,(H,22,27). The highest BCUT2D eigenvalue weighted by atomic mass is 16.2. The van der Waals surface area contributed by atoms with Crippen molar-refractivity contribution >= 4 is 17.4 Å². The second-order valence-electron chi connectivity index (χ2n) is 6.83. The van der Waals surface area contributed by atoms with E-state index in [2.05, 4.69) is 20.5 Å². The number of carbonyl (C=O) groups excluding carboxylic acids is 1. The minimum absolute atomic E-state index is 0.282. The van der Waals surface area contributed by atoms with Gasteiger partial charge in [0.1, 0.15) is 11.5 Å². The van der Waals surface area contributed by atoms with Crippen LogP contribution in [0.15, 0.2) is 54.7 Å². The number of rotatable bonds is 4. The summed E-state index contributed by atoms with van der Waals surface area (Å²) in [7, 11) is 0. The molecule has 0 saturated heterocycles. The first-order chi connectivity index (χ1) is 13.2. The van der Waals surface area contributed by atoms with E-state index >= 15 is 0 Å². The van der Waals surface area contributed by atoms with E-state index < -0.39 is 0 Å². The van der Waals surface area contributed by atoms with Gasteiger partial charge >= 0.3 is 0 Å². The highest BCUT2D eigenvalue weighted by Crippen LogP contribution is 2.39. The first kappa shape index (κ1) is 15.7. The van der Waals surface area contributed by atoms with Crippen molar-refractivity contribution in [3.8, 4) is 5.69 Å². The van der Waals surface area contributed by atoms with Crippen molar-refractivity contribution in [2.24, 2.45) is 0 Å². The van der Waals surface area contributed by atoms with Crippen molar-refractivity contribution in [2.45, 2.75) is 25.7 Å². The molecule has 7 heteroatoms. The molecule has 0 spiro atoms. The van der Waals surface area contributed by atoms with Gasteiger partial charge in [-0.25, -0.2) is 14.2 Å². The summed E-state index contributed by atoms with van der Waals surface area (Å²) in [5.74, 6) is 0.873. The lowest BCUT2D eigenvalue weighted by Gasteiger charge is -2.08. The van der Waals surface area contributed by atoms with Crippen LogP contribution in [0.1, 0.15) is 40.6 Å². The Morgan fingerprint density at radius 1 is 1.11 bits per heavy atom. The van der Waals surface area contributed by atoms with E-state index in [1.54, 1.807) is 15.3 Å². The Labute approximate surface area is 155 Å². The first-order valence-electron chi connectivity index (χ1n) is 8.97. The molecule has 0 radical (unpaired) electrons. The van der Waals surface area contributed by atoms with Crippen LogP contribution in [-0.2, 0) is 0 Å². The number of amides is 1. The Hall–Kier alpha value is -3.48. The molecular formula is C20H18N6O. The molecule has 1 aliphatic rings. The number of benzene rings is 1. The van der Waals surface area contributed by atoms with Crippen LogP contribution in [-0.4, -0.2) is 30.3 Å². The monoisotopic (exact) mass is 358 g/mol. The zero-order valence-electron chi connectivity index (χ0n) is 14.8. The number of aryl methyl sites for hydroxylation is 1. The predicted molar refractivity (Wildman–Crippen MR) is 101 cm³/mol. The van der Waals surface area contributed by atoms with Crippen LogP contribution in [0.2, 0.25) is 0 Å². The third-order valence-corrected chi connectivity index (χ3v) is 4.64. The Morgan fingerprint density at radius 2 is 1.93 bits per heavy atom. The summed E-state index contributed by atoms with van der Waals surface area (Å²) in [5, 5.41) is 11.8. The van der Waals surface area contributed by atoms with Crippen LogP contribution in [0.4, 0.5) is 5.82 Å². The van der Waals surface area contributed by atoms with Crippen molar-refractivity contribution < 1.29 is 4.79 Å². The number of hydrogen-bond acceptors (Lipinski definition) is 4. The van der Waals surface area contributed by atoms with Crippen LogP contribution in [0.5, 0.6) is 0 Å². The molecule has 0 bridgehead atoms. The van der Waals surface area contributed by atoms with Crippen molar-refractivity contribution in [3.05, 3.63) is 71.8 Å². The van der Waals surface area contributed by atoms with E-state index in [-0.39, 0.29) is 5.91 Å². The highest BCUT2D eigenvalue weighted by molar-refractivity contribution is 6.02. The molecule has 27 heavy (non-hydrogen) atoms. The van der Waals surface area contributed by atoms with E-state index in [1.807, 2.05) is 55.6 Å². The van der Waals surface area contributed by atoms with Gasteiger partial charge in [0.2, 0.25) is 0 Å². The summed E-state index contributed by atoms with van der Waals surface area (Å²) in [5.41, 5.74) is 3.85. The number of anilines is 1. The molecule has 1 aliphatic carbocycles. The normalized spacial score (nSPS) is 13.8. The summed E-state index contributed by atoms with van der Waals surface area (Å²) in [6, 6.07) is 15.1. The molecule has 0 unspecified atom stereocenters. The zero-order chi connectivity index (χ0) is 18.4. The summed E-state index contributed by atoms with van der Waals surface area (Å²) in [6.07, 6.45) is 4.28. The van der Waals surface area contributed by atoms with Crippen LogP contribution < -0.4 is 5.32 Å². The molecule has 5 rings (SSSR count). The lowest BCUT2D eigenvalue weighted by molar-refractivity contribution is 0.102. The van der Waals surface area contributed by atoms with Gasteiger partial charge in [0.05, 0.1) is 23.3 Å². The Morgan fingerprint density at radius 3 is 2.70 bits per heavy atom. The quantitative estimate of drug-likeness (QED) is 0.607. The van der Waals surface area contributed by atoms with Gasteiger partial charge in [-0.1, -0.05) is 18.2 Å². The fraction of sp³-hybridized carbons (Fsp3) is 0.200. The number of para-hydroxylation sites is 1. The van der Waals surface area contributed by atoms with E-state index in [4.69, 9.17) is 0 Å². The number of nitrogens with zero attached hydrogens (tertiary/aromatic N) is 5. The fourth-order valence-corrected chi connectivity index (χ4v) is 3.13. The lowest BCUT2D eigenvalue weighted by Crippen LogP contribution is -2.17. The average Bonchev–Trinajstić information content (AvgIpc) is 3.34. The summed E-state index contributed by atoms with van der Waals surface area (Å²) in [4.78, 5) is 17.3. The van der Waals surface area contributed by atoms with Gasteiger partial charge in [-0.3, -0.25) is 4.79 Å². The minimum Gasteiger partial charge on any atom is -0.305 e. The number of nitrogens with one attached hydrogen (secondary N) is 1. The smallest absolute Gasteiger partial charge is 0.277 e.